The fraction of sp³-hybridized carbons (Fsp3) is 0.421. The van der Waals surface area contributed by atoms with Crippen molar-refractivity contribution in [3.05, 3.63) is 42.5 Å². The van der Waals surface area contributed by atoms with Crippen molar-refractivity contribution >= 4 is 26.7 Å². The molecule has 132 valence electrons. The average Bonchev–Trinajstić information content (AvgIpc) is 3.45. The highest BCUT2D eigenvalue weighted by atomic mass is 32.2. The van der Waals surface area contributed by atoms with Gasteiger partial charge in [0.1, 0.15) is 0 Å². The number of amides is 1. The van der Waals surface area contributed by atoms with Gasteiger partial charge in [0, 0.05) is 32.6 Å². The number of hydrogen-bond acceptors (Lipinski definition) is 3. The highest BCUT2D eigenvalue weighted by molar-refractivity contribution is 7.89. The minimum absolute atomic E-state index is 0.172. The molecule has 2 aliphatic rings. The van der Waals surface area contributed by atoms with Crippen LogP contribution in [-0.2, 0) is 14.8 Å². The Bertz CT molecular complexity index is 898. The van der Waals surface area contributed by atoms with E-state index in [1.54, 1.807) is 12.1 Å². The molecule has 0 aromatic heterocycles. The molecule has 1 heterocycles. The average molecular weight is 358 g/mol. The molecule has 1 amide bonds. The standard InChI is InChI=1S/C19H22N2O3S/c22-19(13-15-5-6-15)20-9-11-21(12-10-20)25(23,24)18-8-7-16-3-1-2-4-17(16)14-18/h1-4,7-8,14-15H,5-6,9-13H2. The monoisotopic (exact) mass is 358 g/mol. The molecule has 2 fully saturated rings. The van der Waals surface area contributed by atoms with E-state index in [-0.39, 0.29) is 5.91 Å². The van der Waals surface area contributed by atoms with Gasteiger partial charge in [-0.1, -0.05) is 30.3 Å². The molecule has 0 atom stereocenters. The summed E-state index contributed by atoms with van der Waals surface area (Å²) >= 11 is 0. The quantitative estimate of drug-likeness (QED) is 0.844. The lowest BCUT2D eigenvalue weighted by molar-refractivity contribution is -0.132. The minimum Gasteiger partial charge on any atom is -0.340 e. The minimum atomic E-state index is -3.52. The zero-order chi connectivity index (χ0) is 17.4. The zero-order valence-electron chi connectivity index (χ0n) is 14.1. The zero-order valence-corrected chi connectivity index (χ0v) is 14.9. The second-order valence-electron chi connectivity index (χ2n) is 6.94. The van der Waals surface area contributed by atoms with Gasteiger partial charge in [0.2, 0.25) is 15.9 Å². The van der Waals surface area contributed by atoms with E-state index in [1.807, 2.05) is 35.2 Å². The van der Waals surface area contributed by atoms with Gasteiger partial charge in [0.15, 0.2) is 0 Å². The molecule has 0 N–H and O–H groups in total. The number of piperazine rings is 1. The summed E-state index contributed by atoms with van der Waals surface area (Å²) in [6.07, 6.45) is 2.93. The Morgan fingerprint density at radius 3 is 2.32 bits per heavy atom. The maximum absolute atomic E-state index is 12.9. The summed E-state index contributed by atoms with van der Waals surface area (Å²) in [4.78, 5) is 14.3. The SMILES string of the molecule is O=C(CC1CC1)N1CCN(S(=O)(=O)c2ccc3ccccc3c2)CC1. The molecule has 0 bridgehead atoms. The molecular weight excluding hydrogens is 336 g/mol. The van der Waals surface area contributed by atoms with Crippen LogP contribution in [0.5, 0.6) is 0 Å². The van der Waals surface area contributed by atoms with Crippen molar-refractivity contribution < 1.29 is 13.2 Å². The van der Waals surface area contributed by atoms with E-state index in [0.29, 0.717) is 43.4 Å². The summed E-state index contributed by atoms with van der Waals surface area (Å²) in [6, 6.07) is 13.0. The Labute approximate surface area is 148 Å². The smallest absolute Gasteiger partial charge is 0.243 e. The number of carbonyl (C=O) groups is 1. The molecular formula is C19H22N2O3S. The molecule has 2 aromatic rings. The number of benzene rings is 2. The fourth-order valence-electron chi connectivity index (χ4n) is 3.35. The summed E-state index contributed by atoms with van der Waals surface area (Å²) in [5, 5.41) is 1.94. The number of nitrogens with zero attached hydrogens (tertiary/aromatic N) is 2. The predicted octanol–water partition coefficient (Wildman–Crippen LogP) is 2.47. The summed E-state index contributed by atoms with van der Waals surface area (Å²) in [7, 11) is -3.52. The van der Waals surface area contributed by atoms with Gasteiger partial charge in [0.05, 0.1) is 4.90 Å². The van der Waals surface area contributed by atoms with Crippen LogP contribution < -0.4 is 0 Å². The van der Waals surface area contributed by atoms with E-state index >= 15 is 0 Å². The van der Waals surface area contributed by atoms with Crippen molar-refractivity contribution in [3.63, 3.8) is 0 Å². The molecule has 6 heteroatoms. The van der Waals surface area contributed by atoms with Crippen molar-refractivity contribution in [1.82, 2.24) is 9.21 Å². The number of sulfonamides is 1. The molecule has 0 unspecified atom stereocenters. The van der Waals surface area contributed by atoms with E-state index in [1.165, 1.54) is 4.31 Å². The van der Waals surface area contributed by atoms with Crippen LogP contribution in [-0.4, -0.2) is 49.7 Å². The summed E-state index contributed by atoms with van der Waals surface area (Å²) in [5.41, 5.74) is 0. The van der Waals surface area contributed by atoms with Crippen LogP contribution in [0, 0.1) is 5.92 Å². The fourth-order valence-corrected chi connectivity index (χ4v) is 4.81. The Hall–Kier alpha value is -1.92. The van der Waals surface area contributed by atoms with Crippen molar-refractivity contribution in [2.75, 3.05) is 26.2 Å². The molecule has 1 saturated heterocycles. The van der Waals surface area contributed by atoms with Gasteiger partial charge < -0.3 is 4.90 Å². The first-order valence-electron chi connectivity index (χ1n) is 8.81. The maximum atomic E-state index is 12.9. The van der Waals surface area contributed by atoms with Gasteiger partial charge >= 0.3 is 0 Å². The van der Waals surface area contributed by atoms with Crippen molar-refractivity contribution in [3.8, 4) is 0 Å². The van der Waals surface area contributed by atoms with E-state index in [2.05, 4.69) is 0 Å². The predicted molar refractivity (Wildman–Crippen MR) is 96.6 cm³/mol. The number of fused-ring (bicyclic) bond motifs is 1. The lowest BCUT2D eigenvalue weighted by Crippen LogP contribution is -2.50. The number of carbonyl (C=O) groups excluding carboxylic acids is 1. The first-order chi connectivity index (χ1) is 12.0. The molecule has 2 aromatic carbocycles. The van der Waals surface area contributed by atoms with Crippen LogP contribution in [0.3, 0.4) is 0 Å². The normalized spacial score (nSPS) is 19.3. The van der Waals surface area contributed by atoms with Crippen LogP contribution in [0.4, 0.5) is 0 Å². The van der Waals surface area contributed by atoms with Gasteiger partial charge in [0.25, 0.3) is 0 Å². The second kappa shape index (κ2) is 6.42. The van der Waals surface area contributed by atoms with Gasteiger partial charge in [-0.3, -0.25) is 4.79 Å². The summed E-state index contributed by atoms with van der Waals surface area (Å²) in [6.45, 7) is 1.70. The highest BCUT2D eigenvalue weighted by Crippen LogP contribution is 2.33. The summed E-state index contributed by atoms with van der Waals surface area (Å²) in [5.74, 6) is 0.733. The highest BCUT2D eigenvalue weighted by Gasteiger charge is 2.32. The van der Waals surface area contributed by atoms with E-state index in [4.69, 9.17) is 0 Å². The van der Waals surface area contributed by atoms with Crippen LogP contribution in [0.2, 0.25) is 0 Å². The van der Waals surface area contributed by atoms with Crippen LogP contribution in [0.1, 0.15) is 19.3 Å². The molecule has 25 heavy (non-hydrogen) atoms. The molecule has 1 aliphatic heterocycles. The third kappa shape index (κ3) is 3.41. The van der Waals surface area contributed by atoms with Gasteiger partial charge in [-0.25, -0.2) is 8.42 Å². The van der Waals surface area contributed by atoms with Crippen LogP contribution in [0.25, 0.3) is 10.8 Å². The third-order valence-corrected chi connectivity index (χ3v) is 7.00. The van der Waals surface area contributed by atoms with Crippen molar-refractivity contribution in [2.45, 2.75) is 24.2 Å². The topological polar surface area (TPSA) is 57.7 Å². The van der Waals surface area contributed by atoms with Gasteiger partial charge in [-0.05, 0) is 41.7 Å². The van der Waals surface area contributed by atoms with E-state index in [0.717, 1.165) is 23.6 Å². The van der Waals surface area contributed by atoms with Gasteiger partial charge in [-0.2, -0.15) is 4.31 Å². The van der Waals surface area contributed by atoms with Crippen LogP contribution in [0.15, 0.2) is 47.4 Å². The molecule has 4 rings (SSSR count). The Kier molecular flexibility index (Phi) is 4.25. The lowest BCUT2D eigenvalue weighted by atomic mass is 10.1. The Balaban J connectivity index is 1.47. The first-order valence-corrected chi connectivity index (χ1v) is 10.2. The van der Waals surface area contributed by atoms with Gasteiger partial charge in [-0.15, -0.1) is 0 Å². The number of rotatable bonds is 4. The number of hydrogen-bond donors (Lipinski definition) is 0. The Morgan fingerprint density at radius 1 is 0.960 bits per heavy atom. The van der Waals surface area contributed by atoms with Crippen LogP contribution >= 0.6 is 0 Å². The van der Waals surface area contributed by atoms with Crippen molar-refractivity contribution in [1.29, 1.82) is 0 Å². The molecule has 5 nitrogen and oxygen atoms in total. The largest absolute Gasteiger partial charge is 0.340 e. The lowest BCUT2D eigenvalue weighted by Gasteiger charge is -2.34. The summed E-state index contributed by atoms with van der Waals surface area (Å²) < 4.78 is 27.3. The van der Waals surface area contributed by atoms with E-state index in [9.17, 15) is 13.2 Å². The third-order valence-electron chi connectivity index (χ3n) is 5.11. The Morgan fingerprint density at radius 2 is 1.64 bits per heavy atom. The second-order valence-corrected chi connectivity index (χ2v) is 8.88. The van der Waals surface area contributed by atoms with E-state index < -0.39 is 10.0 Å². The molecule has 1 saturated carbocycles. The molecule has 1 aliphatic carbocycles. The molecule has 0 radical (unpaired) electrons. The van der Waals surface area contributed by atoms with Crippen molar-refractivity contribution in [2.24, 2.45) is 5.92 Å². The first kappa shape index (κ1) is 16.5. The maximum Gasteiger partial charge on any atom is 0.243 e. The molecule has 0 spiro atoms.